The molecule has 2 aromatic carbocycles. The van der Waals surface area contributed by atoms with Crippen LogP contribution in [0.5, 0.6) is 0 Å². The minimum atomic E-state index is -0.278. The van der Waals surface area contributed by atoms with Crippen LogP contribution in [0, 0.1) is 0 Å². The second-order valence-corrected chi connectivity index (χ2v) is 7.39. The molecule has 3 aromatic rings. The maximum absolute atomic E-state index is 12.9. The van der Waals surface area contributed by atoms with Gasteiger partial charge in [0.1, 0.15) is 0 Å². The molecule has 4 nitrogen and oxygen atoms in total. The van der Waals surface area contributed by atoms with Crippen molar-refractivity contribution in [1.82, 2.24) is 9.88 Å². The van der Waals surface area contributed by atoms with Crippen molar-refractivity contribution in [3.63, 3.8) is 0 Å². The van der Waals surface area contributed by atoms with Gasteiger partial charge < -0.3 is 10.2 Å². The van der Waals surface area contributed by atoms with Crippen molar-refractivity contribution < 1.29 is 4.79 Å². The molecule has 0 saturated carbocycles. The van der Waals surface area contributed by atoms with E-state index < -0.39 is 0 Å². The Morgan fingerprint density at radius 3 is 2.46 bits per heavy atom. The molecule has 144 valence electrons. The van der Waals surface area contributed by atoms with E-state index in [1.54, 1.807) is 29.3 Å². The average molecular weight is 435 g/mol. The molecule has 0 aliphatic heterocycles. The van der Waals surface area contributed by atoms with E-state index in [0.717, 1.165) is 11.3 Å². The molecule has 0 atom stereocenters. The number of anilines is 1. The lowest BCUT2D eigenvalue weighted by Crippen LogP contribution is -2.36. The SMILES string of the molecule is O=C(Nc1ccc(Cl)cc1Cl)N(CCc1ccccn1)Cc1ccccc1Cl. The molecule has 1 heterocycles. The van der Waals surface area contributed by atoms with Gasteiger partial charge in [0.15, 0.2) is 0 Å². The summed E-state index contributed by atoms with van der Waals surface area (Å²) in [6.45, 7) is 0.836. The minimum Gasteiger partial charge on any atom is -0.320 e. The largest absolute Gasteiger partial charge is 0.322 e. The highest BCUT2D eigenvalue weighted by Gasteiger charge is 2.17. The lowest BCUT2D eigenvalue weighted by molar-refractivity contribution is 0.209. The third kappa shape index (κ3) is 5.61. The molecule has 0 fully saturated rings. The summed E-state index contributed by atoms with van der Waals surface area (Å²) in [5.41, 5.74) is 2.27. The average Bonchev–Trinajstić information content (AvgIpc) is 2.69. The molecule has 1 N–H and O–H groups in total. The number of amides is 2. The maximum Gasteiger partial charge on any atom is 0.322 e. The van der Waals surface area contributed by atoms with Crippen molar-refractivity contribution in [1.29, 1.82) is 0 Å². The molecule has 0 aliphatic carbocycles. The molecule has 0 bridgehead atoms. The number of benzene rings is 2. The summed E-state index contributed by atoms with van der Waals surface area (Å²) in [5, 5.41) is 4.34. The number of hydrogen-bond acceptors (Lipinski definition) is 2. The van der Waals surface area contributed by atoms with E-state index in [0.29, 0.717) is 40.3 Å². The van der Waals surface area contributed by atoms with Crippen LogP contribution in [0.4, 0.5) is 10.5 Å². The van der Waals surface area contributed by atoms with Gasteiger partial charge in [-0.05, 0) is 42.0 Å². The van der Waals surface area contributed by atoms with Crippen LogP contribution in [0.25, 0.3) is 0 Å². The van der Waals surface area contributed by atoms with Crippen LogP contribution in [-0.4, -0.2) is 22.5 Å². The minimum absolute atomic E-state index is 0.278. The fourth-order valence-corrected chi connectivity index (χ4v) is 3.32. The first-order valence-corrected chi connectivity index (χ1v) is 9.80. The van der Waals surface area contributed by atoms with Crippen LogP contribution in [-0.2, 0) is 13.0 Å². The van der Waals surface area contributed by atoms with Crippen molar-refractivity contribution in [2.75, 3.05) is 11.9 Å². The van der Waals surface area contributed by atoms with E-state index >= 15 is 0 Å². The van der Waals surface area contributed by atoms with Crippen molar-refractivity contribution in [3.05, 3.63) is 93.2 Å². The van der Waals surface area contributed by atoms with E-state index in [9.17, 15) is 4.79 Å². The summed E-state index contributed by atoms with van der Waals surface area (Å²) in [6.07, 6.45) is 2.36. The standard InChI is InChI=1S/C21H18Cl3N3O/c22-16-8-9-20(19(24)13-16)26-21(28)27(12-10-17-6-3-4-11-25-17)14-15-5-1-2-7-18(15)23/h1-9,11,13H,10,12,14H2,(H,26,28). The van der Waals surface area contributed by atoms with Gasteiger partial charge in [-0.2, -0.15) is 0 Å². The smallest absolute Gasteiger partial charge is 0.320 e. The fraction of sp³-hybridized carbons (Fsp3) is 0.143. The van der Waals surface area contributed by atoms with E-state index in [1.165, 1.54) is 0 Å². The van der Waals surface area contributed by atoms with Crippen LogP contribution >= 0.6 is 34.8 Å². The zero-order chi connectivity index (χ0) is 19.9. The van der Waals surface area contributed by atoms with Crippen LogP contribution < -0.4 is 5.32 Å². The van der Waals surface area contributed by atoms with Crippen LogP contribution in [0.15, 0.2) is 66.9 Å². The first kappa shape index (κ1) is 20.5. The maximum atomic E-state index is 12.9. The number of pyridine rings is 1. The predicted molar refractivity (Wildman–Crippen MR) is 115 cm³/mol. The number of carbonyl (C=O) groups excluding carboxylic acids is 1. The highest BCUT2D eigenvalue weighted by atomic mass is 35.5. The Balaban J connectivity index is 1.77. The van der Waals surface area contributed by atoms with E-state index in [2.05, 4.69) is 10.3 Å². The number of hydrogen-bond donors (Lipinski definition) is 1. The number of nitrogens with zero attached hydrogens (tertiary/aromatic N) is 2. The molecule has 0 radical (unpaired) electrons. The fourth-order valence-electron chi connectivity index (χ4n) is 2.67. The van der Waals surface area contributed by atoms with Crippen molar-refractivity contribution in [3.8, 4) is 0 Å². The highest BCUT2D eigenvalue weighted by molar-refractivity contribution is 6.36. The van der Waals surface area contributed by atoms with Crippen LogP contribution in [0.2, 0.25) is 15.1 Å². The number of nitrogens with one attached hydrogen (secondary N) is 1. The number of rotatable bonds is 6. The molecule has 2 amide bonds. The summed E-state index contributed by atoms with van der Waals surface area (Å²) in [6, 6.07) is 17.8. The first-order valence-electron chi connectivity index (χ1n) is 8.67. The number of urea groups is 1. The summed E-state index contributed by atoms with van der Waals surface area (Å²) < 4.78 is 0. The van der Waals surface area contributed by atoms with Crippen LogP contribution in [0.3, 0.4) is 0 Å². The second kappa shape index (κ2) is 9.78. The van der Waals surface area contributed by atoms with E-state index in [4.69, 9.17) is 34.8 Å². The molecule has 7 heteroatoms. The summed E-state index contributed by atoms with van der Waals surface area (Å²) in [4.78, 5) is 18.9. The molecular formula is C21H18Cl3N3O. The Labute approximate surface area is 179 Å². The van der Waals surface area contributed by atoms with Gasteiger partial charge in [-0.15, -0.1) is 0 Å². The van der Waals surface area contributed by atoms with E-state index in [1.807, 2.05) is 42.5 Å². The Morgan fingerprint density at radius 1 is 0.964 bits per heavy atom. The molecule has 28 heavy (non-hydrogen) atoms. The van der Waals surface area contributed by atoms with Crippen molar-refractivity contribution >= 4 is 46.5 Å². The van der Waals surface area contributed by atoms with Crippen LogP contribution in [0.1, 0.15) is 11.3 Å². The molecule has 1 aromatic heterocycles. The van der Waals surface area contributed by atoms with E-state index in [-0.39, 0.29) is 6.03 Å². The molecule has 0 unspecified atom stereocenters. The quantitative estimate of drug-likeness (QED) is 0.493. The van der Waals surface area contributed by atoms with Crippen molar-refractivity contribution in [2.45, 2.75) is 13.0 Å². The summed E-state index contributed by atoms with van der Waals surface area (Å²) in [7, 11) is 0. The molecule has 0 aliphatic rings. The first-order chi connectivity index (χ1) is 13.5. The van der Waals surface area contributed by atoms with Gasteiger partial charge in [-0.3, -0.25) is 4.98 Å². The Morgan fingerprint density at radius 2 is 1.75 bits per heavy atom. The summed E-state index contributed by atoms with van der Waals surface area (Å²) >= 11 is 18.4. The molecular weight excluding hydrogens is 417 g/mol. The molecule has 0 spiro atoms. The molecule has 0 saturated heterocycles. The highest BCUT2D eigenvalue weighted by Crippen LogP contribution is 2.26. The predicted octanol–water partition coefficient (Wildman–Crippen LogP) is 6.32. The third-order valence-electron chi connectivity index (χ3n) is 4.14. The number of aromatic nitrogens is 1. The van der Waals surface area contributed by atoms with Gasteiger partial charge in [0.05, 0.1) is 10.7 Å². The lowest BCUT2D eigenvalue weighted by Gasteiger charge is -2.24. The second-order valence-electron chi connectivity index (χ2n) is 6.14. The Bertz CT molecular complexity index is 951. The lowest BCUT2D eigenvalue weighted by atomic mass is 10.2. The number of carbonyl (C=O) groups is 1. The zero-order valence-electron chi connectivity index (χ0n) is 14.9. The third-order valence-corrected chi connectivity index (χ3v) is 5.06. The van der Waals surface area contributed by atoms with Gasteiger partial charge >= 0.3 is 6.03 Å². The monoisotopic (exact) mass is 433 g/mol. The molecule has 3 rings (SSSR count). The number of halogens is 3. The summed E-state index contributed by atoms with van der Waals surface area (Å²) in [5.74, 6) is 0. The van der Waals surface area contributed by atoms with Gasteiger partial charge in [0, 0.05) is 41.4 Å². The van der Waals surface area contributed by atoms with Gasteiger partial charge in [-0.1, -0.05) is 59.1 Å². The zero-order valence-corrected chi connectivity index (χ0v) is 17.2. The van der Waals surface area contributed by atoms with Gasteiger partial charge in [0.2, 0.25) is 0 Å². The topological polar surface area (TPSA) is 45.2 Å². The van der Waals surface area contributed by atoms with Gasteiger partial charge in [-0.25, -0.2) is 4.79 Å². The van der Waals surface area contributed by atoms with Crippen molar-refractivity contribution in [2.24, 2.45) is 0 Å². The Kier molecular flexibility index (Phi) is 7.15. The Hall–Kier alpha value is -2.27. The van der Waals surface area contributed by atoms with Gasteiger partial charge in [0.25, 0.3) is 0 Å². The normalized spacial score (nSPS) is 10.5.